The summed E-state index contributed by atoms with van der Waals surface area (Å²) in [6, 6.07) is 0. The van der Waals surface area contributed by atoms with Crippen molar-refractivity contribution in [2.24, 2.45) is 0 Å². The molecule has 0 aliphatic heterocycles. The van der Waals surface area contributed by atoms with Crippen LogP contribution in [0, 0.1) is 0 Å². The van der Waals surface area contributed by atoms with Gasteiger partial charge in [-0.3, -0.25) is 5.10 Å². The van der Waals surface area contributed by atoms with Crippen molar-refractivity contribution in [2.45, 2.75) is 6.18 Å². The molecule has 0 aromatic carbocycles. The van der Waals surface area contributed by atoms with E-state index in [2.05, 4.69) is 30.8 Å². The van der Waals surface area contributed by atoms with E-state index in [1.807, 2.05) is 0 Å². The van der Waals surface area contributed by atoms with Crippen LogP contribution in [0.5, 0.6) is 0 Å². The van der Waals surface area contributed by atoms with Gasteiger partial charge in [-0.25, -0.2) is 4.98 Å². The quantitative estimate of drug-likeness (QED) is 0.810. The smallest absolute Gasteiger partial charge is 0.372 e. The number of hydrogen-bond donors (Lipinski definition) is 3. The minimum Gasteiger partial charge on any atom is -0.372 e. The Hall–Kier alpha value is -2.03. The van der Waals surface area contributed by atoms with Crippen molar-refractivity contribution in [3.63, 3.8) is 0 Å². The Kier molecular flexibility index (Phi) is 3.47. The van der Waals surface area contributed by atoms with Crippen molar-refractivity contribution in [2.75, 3.05) is 17.7 Å². The molecule has 0 spiro atoms. The highest BCUT2D eigenvalue weighted by molar-refractivity contribution is 6.32. The number of rotatable bonds is 3. The highest BCUT2D eigenvalue weighted by atomic mass is 35.5. The second-order valence-corrected chi connectivity index (χ2v) is 3.80. The van der Waals surface area contributed by atoms with Crippen LogP contribution in [0.15, 0.2) is 12.4 Å². The summed E-state index contributed by atoms with van der Waals surface area (Å²) in [6.45, 7) is 0. The third kappa shape index (κ3) is 2.87. The van der Waals surface area contributed by atoms with Crippen molar-refractivity contribution < 1.29 is 13.2 Å². The molecule has 0 saturated heterocycles. The molecule has 2 rings (SSSR count). The zero-order chi connectivity index (χ0) is 14.0. The first-order valence-corrected chi connectivity index (χ1v) is 5.37. The van der Waals surface area contributed by atoms with Crippen LogP contribution in [0.25, 0.3) is 0 Å². The Morgan fingerprint density at radius 1 is 1.32 bits per heavy atom. The second-order valence-electron chi connectivity index (χ2n) is 3.43. The normalized spacial score (nSPS) is 11.4. The lowest BCUT2D eigenvalue weighted by atomic mass is 10.3. The lowest BCUT2D eigenvalue weighted by Crippen LogP contribution is -2.12. The standard InChI is InChI=1S/C9H8ClF3N6/c1-14-7-4(9(11,12)13)2-15-8(18-7)17-5-3-16-19-6(5)10/h2-3H,1H3,(H,16,19)(H2,14,15,17,18). The molecule has 0 unspecified atom stereocenters. The fourth-order valence-electron chi connectivity index (χ4n) is 1.32. The first-order chi connectivity index (χ1) is 8.91. The number of nitrogens with one attached hydrogen (secondary N) is 3. The summed E-state index contributed by atoms with van der Waals surface area (Å²) in [7, 11) is 1.34. The maximum Gasteiger partial charge on any atom is 0.421 e. The van der Waals surface area contributed by atoms with Gasteiger partial charge in [0.2, 0.25) is 5.95 Å². The topological polar surface area (TPSA) is 78.5 Å². The van der Waals surface area contributed by atoms with Crippen molar-refractivity contribution >= 4 is 29.1 Å². The molecule has 3 N–H and O–H groups in total. The fourth-order valence-corrected chi connectivity index (χ4v) is 1.46. The second kappa shape index (κ2) is 4.92. The van der Waals surface area contributed by atoms with Gasteiger partial charge >= 0.3 is 6.18 Å². The van der Waals surface area contributed by atoms with Crippen LogP contribution in [0.2, 0.25) is 5.15 Å². The Morgan fingerprint density at radius 2 is 2.05 bits per heavy atom. The molecular weight excluding hydrogens is 285 g/mol. The summed E-state index contributed by atoms with van der Waals surface area (Å²) >= 11 is 5.74. The highest BCUT2D eigenvalue weighted by Crippen LogP contribution is 2.34. The highest BCUT2D eigenvalue weighted by Gasteiger charge is 2.35. The van der Waals surface area contributed by atoms with Crippen LogP contribution in [-0.2, 0) is 6.18 Å². The van der Waals surface area contributed by atoms with E-state index in [1.54, 1.807) is 0 Å². The van der Waals surface area contributed by atoms with Crippen LogP contribution < -0.4 is 10.6 Å². The van der Waals surface area contributed by atoms with Crippen molar-refractivity contribution in [3.8, 4) is 0 Å². The van der Waals surface area contributed by atoms with Gasteiger partial charge in [-0.1, -0.05) is 11.6 Å². The predicted octanol–water partition coefficient (Wildman–Crippen LogP) is 2.66. The van der Waals surface area contributed by atoms with Crippen LogP contribution >= 0.6 is 11.6 Å². The SMILES string of the molecule is CNc1nc(Nc2cn[nH]c2Cl)ncc1C(F)(F)F. The minimum absolute atomic E-state index is 0.0272. The Labute approximate surface area is 110 Å². The monoisotopic (exact) mass is 292 g/mol. The first-order valence-electron chi connectivity index (χ1n) is 4.99. The molecule has 0 fully saturated rings. The van der Waals surface area contributed by atoms with Crippen LogP contribution in [0.1, 0.15) is 5.56 Å². The molecule has 0 bridgehead atoms. The minimum atomic E-state index is -4.52. The Bertz CT molecular complexity index is 582. The van der Waals surface area contributed by atoms with E-state index in [1.165, 1.54) is 13.2 Å². The average molecular weight is 293 g/mol. The zero-order valence-electron chi connectivity index (χ0n) is 9.51. The molecule has 0 radical (unpaired) electrons. The summed E-state index contributed by atoms with van der Waals surface area (Å²) in [6.07, 6.45) is -2.47. The largest absolute Gasteiger partial charge is 0.421 e. The van der Waals surface area contributed by atoms with E-state index < -0.39 is 11.7 Å². The maximum atomic E-state index is 12.6. The summed E-state index contributed by atoms with van der Waals surface area (Å²) in [5, 5.41) is 11.3. The van der Waals surface area contributed by atoms with E-state index in [0.717, 1.165) is 0 Å². The number of nitrogens with zero attached hydrogens (tertiary/aromatic N) is 3. The van der Waals surface area contributed by atoms with E-state index >= 15 is 0 Å². The number of alkyl halides is 3. The van der Waals surface area contributed by atoms with Crippen molar-refractivity contribution in [1.29, 1.82) is 0 Å². The third-order valence-electron chi connectivity index (χ3n) is 2.17. The molecule has 0 amide bonds. The van der Waals surface area contributed by atoms with Crippen molar-refractivity contribution in [1.82, 2.24) is 20.2 Å². The number of hydrogen-bond acceptors (Lipinski definition) is 5. The first kappa shape index (κ1) is 13.4. The molecule has 0 aliphatic rings. The maximum absolute atomic E-state index is 12.6. The number of aromatic nitrogens is 4. The van der Waals surface area contributed by atoms with Gasteiger partial charge in [0, 0.05) is 13.2 Å². The van der Waals surface area contributed by atoms with Crippen LogP contribution in [-0.4, -0.2) is 27.2 Å². The molecule has 2 heterocycles. The predicted molar refractivity (Wildman–Crippen MR) is 63.5 cm³/mol. The van der Waals surface area contributed by atoms with Crippen molar-refractivity contribution in [3.05, 3.63) is 23.1 Å². The Balaban J connectivity index is 2.32. The number of anilines is 3. The number of H-pyrrole nitrogens is 1. The van der Waals surface area contributed by atoms with Gasteiger partial charge in [0.05, 0.1) is 11.9 Å². The molecule has 2 aromatic rings. The van der Waals surface area contributed by atoms with Gasteiger partial charge in [-0.2, -0.15) is 23.3 Å². The molecule has 0 saturated carbocycles. The van der Waals surface area contributed by atoms with E-state index in [4.69, 9.17) is 11.6 Å². The van der Waals surface area contributed by atoms with E-state index in [9.17, 15) is 13.2 Å². The summed E-state index contributed by atoms with van der Waals surface area (Å²) in [5.41, 5.74) is -0.581. The van der Waals surface area contributed by atoms with Gasteiger partial charge in [0.25, 0.3) is 0 Å². The zero-order valence-corrected chi connectivity index (χ0v) is 10.3. The van der Waals surface area contributed by atoms with Gasteiger partial charge in [-0.05, 0) is 0 Å². The summed E-state index contributed by atoms with van der Waals surface area (Å²) in [5.74, 6) is -0.356. The number of aromatic amines is 1. The molecule has 102 valence electrons. The van der Waals surface area contributed by atoms with Gasteiger partial charge in [-0.15, -0.1) is 0 Å². The molecule has 0 aliphatic carbocycles. The third-order valence-corrected chi connectivity index (χ3v) is 2.46. The molecule has 19 heavy (non-hydrogen) atoms. The molecule has 6 nitrogen and oxygen atoms in total. The molecule has 0 atom stereocenters. The van der Waals surface area contributed by atoms with E-state index in [-0.39, 0.29) is 16.9 Å². The lowest BCUT2D eigenvalue weighted by molar-refractivity contribution is -0.137. The van der Waals surface area contributed by atoms with Gasteiger partial charge < -0.3 is 10.6 Å². The van der Waals surface area contributed by atoms with Gasteiger partial charge in [0.15, 0.2) is 0 Å². The van der Waals surface area contributed by atoms with Crippen LogP contribution in [0.4, 0.5) is 30.6 Å². The molecule has 10 heteroatoms. The summed E-state index contributed by atoms with van der Waals surface area (Å²) in [4.78, 5) is 7.31. The lowest BCUT2D eigenvalue weighted by Gasteiger charge is -2.12. The summed E-state index contributed by atoms with van der Waals surface area (Å²) < 4.78 is 37.9. The number of halogens is 4. The molecular formula is C9H8ClF3N6. The van der Waals surface area contributed by atoms with Crippen LogP contribution in [0.3, 0.4) is 0 Å². The average Bonchev–Trinajstić information content (AvgIpc) is 2.73. The molecule has 2 aromatic heterocycles. The van der Waals surface area contributed by atoms with E-state index in [0.29, 0.717) is 11.9 Å². The Morgan fingerprint density at radius 3 is 2.58 bits per heavy atom. The fraction of sp³-hybridized carbons (Fsp3) is 0.222. The van der Waals surface area contributed by atoms with Gasteiger partial charge in [0.1, 0.15) is 16.5 Å².